The van der Waals surface area contributed by atoms with Crippen molar-refractivity contribution in [2.24, 2.45) is 0 Å². The summed E-state index contributed by atoms with van der Waals surface area (Å²) in [5.74, 6) is 0.285. The number of Topliss-reactive ketones (excluding diaryl/α,β-unsaturated/α-hetero) is 1. The molecule has 0 saturated heterocycles. The normalized spacial score (nSPS) is 10.6. The van der Waals surface area contributed by atoms with Gasteiger partial charge in [0.15, 0.2) is 12.6 Å². The first kappa shape index (κ1) is 17.8. The van der Waals surface area contributed by atoms with Crippen LogP contribution in [0.5, 0.6) is 11.5 Å². The molecule has 0 amide bonds. The Bertz CT molecular complexity index is 440. The van der Waals surface area contributed by atoms with Crippen LogP contribution in [0, 0.1) is 6.92 Å². The molecule has 7 heteroatoms. The summed E-state index contributed by atoms with van der Waals surface area (Å²) in [4.78, 5) is 11.9. The number of methoxy groups -OCH3 is 1. The Balaban J connectivity index is 2.64. The predicted molar refractivity (Wildman–Crippen MR) is 80.0 cm³/mol. The molecule has 21 heavy (non-hydrogen) atoms. The Kier molecular flexibility index (Phi) is 8.14. The van der Waals surface area contributed by atoms with Crippen LogP contribution in [-0.2, 0) is 13.7 Å². The van der Waals surface area contributed by atoms with Crippen LogP contribution in [-0.4, -0.2) is 50.9 Å². The number of hydrogen-bond acceptors (Lipinski definition) is 7. The number of hydrogen-bond donors (Lipinski definition) is 1. The van der Waals surface area contributed by atoms with Gasteiger partial charge in [0.1, 0.15) is 11.5 Å². The average molecular weight is 316 g/mol. The Hall–Kier alpha value is -1.28. The summed E-state index contributed by atoms with van der Waals surface area (Å²) in [7, 11) is 3.08. The standard InChI is InChI=1S/C14H20O6S/c1-10-6-11(20-9-19-5-4-17-2)7-12(15)14(10)13(16)8-21-18-3/h6-7,15H,4-5,8-9H2,1-3H3. The van der Waals surface area contributed by atoms with Crippen LogP contribution in [0.15, 0.2) is 12.1 Å². The molecule has 1 N–H and O–H groups in total. The lowest BCUT2D eigenvalue weighted by Gasteiger charge is -2.11. The lowest BCUT2D eigenvalue weighted by Crippen LogP contribution is -2.09. The molecule has 118 valence electrons. The van der Waals surface area contributed by atoms with Crippen molar-refractivity contribution in [1.29, 1.82) is 0 Å². The Morgan fingerprint density at radius 1 is 1.29 bits per heavy atom. The lowest BCUT2D eigenvalue weighted by atomic mass is 10.0. The minimum absolute atomic E-state index is 0.0507. The smallest absolute Gasteiger partial charge is 0.189 e. The second-order valence-corrected chi connectivity index (χ2v) is 5.01. The average Bonchev–Trinajstić information content (AvgIpc) is 2.44. The van der Waals surface area contributed by atoms with Gasteiger partial charge in [0.25, 0.3) is 0 Å². The number of aromatic hydroxyl groups is 1. The molecule has 0 heterocycles. The first-order valence-corrected chi connectivity index (χ1v) is 7.23. The first-order valence-electron chi connectivity index (χ1n) is 6.32. The molecule has 1 aromatic rings. The van der Waals surface area contributed by atoms with Gasteiger partial charge in [-0.25, -0.2) is 0 Å². The van der Waals surface area contributed by atoms with E-state index in [1.54, 1.807) is 20.1 Å². The van der Waals surface area contributed by atoms with Crippen molar-refractivity contribution in [1.82, 2.24) is 0 Å². The molecule has 0 fully saturated rings. The van der Waals surface area contributed by atoms with Gasteiger partial charge in [-0.05, 0) is 30.6 Å². The van der Waals surface area contributed by atoms with Gasteiger partial charge in [-0.3, -0.25) is 4.79 Å². The Morgan fingerprint density at radius 3 is 2.67 bits per heavy atom. The minimum atomic E-state index is -0.195. The SMILES string of the molecule is COCCOCOc1cc(C)c(C(=O)CSOC)c(O)c1. The van der Waals surface area contributed by atoms with E-state index in [1.165, 1.54) is 13.2 Å². The van der Waals surface area contributed by atoms with Crippen molar-refractivity contribution in [3.63, 3.8) is 0 Å². The Morgan fingerprint density at radius 2 is 2.05 bits per heavy atom. The molecule has 1 aromatic carbocycles. The highest BCUT2D eigenvalue weighted by atomic mass is 32.2. The molecular weight excluding hydrogens is 296 g/mol. The van der Waals surface area contributed by atoms with Gasteiger partial charge < -0.3 is 23.5 Å². The summed E-state index contributed by atoms with van der Waals surface area (Å²) in [5.41, 5.74) is 0.927. The van der Waals surface area contributed by atoms with Gasteiger partial charge in [0.05, 0.1) is 31.6 Å². The minimum Gasteiger partial charge on any atom is -0.507 e. The number of phenols is 1. The number of benzene rings is 1. The zero-order valence-corrected chi connectivity index (χ0v) is 13.2. The molecule has 0 aliphatic carbocycles. The Labute approximate surface area is 128 Å². The number of phenolic OH excluding ortho intramolecular Hbond substituents is 1. The molecule has 0 spiro atoms. The fourth-order valence-corrected chi connectivity index (χ4v) is 2.05. The molecule has 0 saturated carbocycles. The predicted octanol–water partition coefficient (Wildman–Crippen LogP) is 2.18. The summed E-state index contributed by atoms with van der Waals surface area (Å²) in [6.07, 6.45) is 0. The second-order valence-electron chi connectivity index (χ2n) is 4.15. The fraction of sp³-hybridized carbons (Fsp3) is 0.500. The van der Waals surface area contributed by atoms with Crippen LogP contribution in [0.25, 0.3) is 0 Å². The number of ether oxygens (including phenoxy) is 3. The van der Waals surface area contributed by atoms with Crippen LogP contribution in [0.2, 0.25) is 0 Å². The monoisotopic (exact) mass is 316 g/mol. The molecule has 6 nitrogen and oxygen atoms in total. The van der Waals surface area contributed by atoms with Crippen molar-refractivity contribution in [2.75, 3.05) is 40.0 Å². The van der Waals surface area contributed by atoms with E-state index in [2.05, 4.69) is 0 Å². The van der Waals surface area contributed by atoms with Crippen LogP contribution in [0.3, 0.4) is 0 Å². The van der Waals surface area contributed by atoms with E-state index in [4.69, 9.17) is 18.4 Å². The topological polar surface area (TPSA) is 74.2 Å². The largest absolute Gasteiger partial charge is 0.507 e. The van der Waals surface area contributed by atoms with Crippen LogP contribution < -0.4 is 4.74 Å². The third-order valence-electron chi connectivity index (χ3n) is 2.62. The van der Waals surface area contributed by atoms with E-state index >= 15 is 0 Å². The van der Waals surface area contributed by atoms with Gasteiger partial charge >= 0.3 is 0 Å². The number of ketones is 1. The van der Waals surface area contributed by atoms with Crippen LogP contribution in [0.1, 0.15) is 15.9 Å². The van der Waals surface area contributed by atoms with Crippen molar-refractivity contribution in [3.8, 4) is 11.5 Å². The molecule has 1 rings (SSSR count). The summed E-state index contributed by atoms with van der Waals surface area (Å²) in [6, 6.07) is 3.08. The first-order chi connectivity index (χ1) is 10.1. The molecular formula is C14H20O6S. The number of carbonyl (C=O) groups is 1. The van der Waals surface area contributed by atoms with Gasteiger partial charge in [-0.2, -0.15) is 0 Å². The maximum absolute atomic E-state index is 11.9. The van der Waals surface area contributed by atoms with E-state index in [9.17, 15) is 9.90 Å². The summed E-state index contributed by atoms with van der Waals surface area (Å²) in [6.45, 7) is 2.70. The number of carbonyl (C=O) groups excluding carboxylic acids is 1. The fourth-order valence-electron chi connectivity index (χ4n) is 1.68. The maximum Gasteiger partial charge on any atom is 0.189 e. The quantitative estimate of drug-likeness (QED) is 0.307. The summed E-state index contributed by atoms with van der Waals surface area (Å²) < 4.78 is 20.1. The number of aryl methyl sites for hydroxylation is 1. The zero-order valence-electron chi connectivity index (χ0n) is 12.4. The van der Waals surface area contributed by atoms with Crippen LogP contribution >= 0.6 is 12.0 Å². The highest BCUT2D eigenvalue weighted by Crippen LogP contribution is 2.28. The highest BCUT2D eigenvalue weighted by molar-refractivity contribution is 7.95. The van der Waals surface area contributed by atoms with Crippen molar-refractivity contribution < 1.29 is 28.3 Å². The van der Waals surface area contributed by atoms with E-state index in [1.807, 2.05) is 0 Å². The van der Waals surface area contributed by atoms with E-state index < -0.39 is 0 Å². The molecule has 0 aliphatic rings. The lowest BCUT2D eigenvalue weighted by molar-refractivity contribution is -0.00855. The summed E-state index contributed by atoms with van der Waals surface area (Å²) >= 11 is 1.03. The molecule has 0 atom stereocenters. The van der Waals surface area contributed by atoms with E-state index in [0.717, 1.165) is 12.0 Å². The van der Waals surface area contributed by atoms with Gasteiger partial charge in [0.2, 0.25) is 0 Å². The second kappa shape index (κ2) is 9.62. The van der Waals surface area contributed by atoms with Gasteiger partial charge in [-0.1, -0.05) is 0 Å². The molecule has 0 aliphatic heterocycles. The third kappa shape index (κ3) is 5.92. The van der Waals surface area contributed by atoms with E-state index in [-0.39, 0.29) is 29.6 Å². The van der Waals surface area contributed by atoms with Crippen LogP contribution in [0.4, 0.5) is 0 Å². The molecule has 0 aromatic heterocycles. The van der Waals surface area contributed by atoms with E-state index in [0.29, 0.717) is 24.5 Å². The molecule has 0 unspecified atom stereocenters. The van der Waals surface area contributed by atoms with Gasteiger partial charge in [-0.15, -0.1) is 0 Å². The zero-order chi connectivity index (χ0) is 15.7. The highest BCUT2D eigenvalue weighted by Gasteiger charge is 2.16. The molecule has 0 bridgehead atoms. The summed E-state index contributed by atoms with van der Waals surface area (Å²) in [5, 5.41) is 9.97. The number of rotatable bonds is 10. The van der Waals surface area contributed by atoms with Crippen molar-refractivity contribution in [2.45, 2.75) is 6.92 Å². The third-order valence-corrected chi connectivity index (χ3v) is 3.23. The van der Waals surface area contributed by atoms with Crippen molar-refractivity contribution in [3.05, 3.63) is 23.3 Å². The van der Waals surface area contributed by atoms with Crippen molar-refractivity contribution >= 4 is 17.8 Å². The molecule has 0 radical (unpaired) electrons. The van der Waals surface area contributed by atoms with Gasteiger partial charge in [0, 0.05) is 13.2 Å². The maximum atomic E-state index is 11.9.